The van der Waals surface area contributed by atoms with Gasteiger partial charge >= 0.3 is 5.69 Å². The number of aromatic nitrogens is 4. The quantitative estimate of drug-likeness (QED) is 0.325. The number of hydrogen-bond acceptors (Lipinski definition) is 5. The third-order valence-electron chi connectivity index (χ3n) is 5.10. The van der Waals surface area contributed by atoms with Gasteiger partial charge in [0.25, 0.3) is 5.56 Å². The summed E-state index contributed by atoms with van der Waals surface area (Å²) in [6, 6.07) is 6.51. The molecule has 10 heteroatoms. The minimum Gasteiger partial charge on any atom is -0.326 e. The molecule has 0 aliphatic heterocycles. The monoisotopic (exact) mass is 445 g/mol. The van der Waals surface area contributed by atoms with Gasteiger partial charge in [0, 0.05) is 31.8 Å². The Balaban J connectivity index is 1.80. The number of benzene rings is 1. The van der Waals surface area contributed by atoms with Crippen LogP contribution in [0.3, 0.4) is 0 Å². The Morgan fingerprint density at radius 1 is 1.06 bits per heavy atom. The lowest BCUT2D eigenvalue weighted by Gasteiger charge is -2.08. The number of hydrogen-bond donors (Lipinski definition) is 1. The average molecular weight is 446 g/mol. The molecule has 164 valence electrons. The van der Waals surface area contributed by atoms with Crippen molar-refractivity contribution in [3.63, 3.8) is 0 Å². The van der Waals surface area contributed by atoms with Crippen LogP contribution >= 0.6 is 11.6 Å². The number of nitrogens with zero attached hydrogens (tertiary/aromatic N) is 4. The van der Waals surface area contributed by atoms with Gasteiger partial charge in [0.05, 0.1) is 6.54 Å². The van der Waals surface area contributed by atoms with E-state index in [0.29, 0.717) is 17.7 Å². The van der Waals surface area contributed by atoms with Crippen molar-refractivity contribution in [3.05, 3.63) is 56.0 Å². The second kappa shape index (κ2) is 9.30. The molecule has 31 heavy (non-hydrogen) atoms. The molecule has 0 saturated carbocycles. The van der Waals surface area contributed by atoms with Gasteiger partial charge < -0.3 is 9.88 Å². The van der Waals surface area contributed by atoms with Crippen LogP contribution in [0.15, 0.2) is 33.9 Å². The van der Waals surface area contributed by atoms with E-state index in [4.69, 9.17) is 11.6 Å². The number of rotatable bonds is 8. The minimum atomic E-state index is -0.577. The van der Waals surface area contributed by atoms with Gasteiger partial charge in [0.1, 0.15) is 0 Å². The molecule has 1 N–H and O–H groups in total. The highest BCUT2D eigenvalue weighted by molar-refractivity contribution is 6.29. The van der Waals surface area contributed by atoms with Crippen molar-refractivity contribution in [2.45, 2.75) is 39.2 Å². The predicted molar refractivity (Wildman–Crippen MR) is 119 cm³/mol. The zero-order valence-electron chi connectivity index (χ0n) is 17.6. The first-order valence-corrected chi connectivity index (χ1v) is 10.4. The predicted octanol–water partition coefficient (Wildman–Crippen LogP) is 2.49. The van der Waals surface area contributed by atoms with Crippen molar-refractivity contribution < 1.29 is 9.59 Å². The van der Waals surface area contributed by atoms with Crippen LogP contribution in [0.4, 0.5) is 5.69 Å². The first-order valence-electron chi connectivity index (χ1n) is 9.99. The summed E-state index contributed by atoms with van der Waals surface area (Å²) < 4.78 is 3.45. The van der Waals surface area contributed by atoms with Crippen molar-refractivity contribution in [1.29, 1.82) is 0 Å². The van der Waals surface area contributed by atoms with E-state index in [1.165, 1.54) is 23.2 Å². The summed E-state index contributed by atoms with van der Waals surface area (Å²) in [7, 11) is 2.83. The van der Waals surface area contributed by atoms with Crippen LogP contribution in [-0.4, -0.2) is 30.4 Å². The van der Waals surface area contributed by atoms with Gasteiger partial charge in [0.2, 0.25) is 11.2 Å². The average Bonchev–Trinajstić information content (AvgIpc) is 3.07. The standard InChI is InChI=1S/C21H24ClN5O4/c1-4-5-6-7-16(29)23-14-10-8-13(9-11-14)15(28)12-27-17-18(24-20(27)22)25(2)21(31)26(3)19(17)30/h8-11H,4-7,12H2,1-3H3,(H,23,29). The van der Waals surface area contributed by atoms with Crippen molar-refractivity contribution in [2.75, 3.05) is 5.32 Å². The zero-order valence-corrected chi connectivity index (χ0v) is 18.4. The van der Waals surface area contributed by atoms with Gasteiger partial charge in [-0.15, -0.1) is 0 Å². The van der Waals surface area contributed by atoms with Crippen LogP contribution in [0, 0.1) is 0 Å². The van der Waals surface area contributed by atoms with Gasteiger partial charge in [0.15, 0.2) is 16.9 Å². The fourth-order valence-corrected chi connectivity index (χ4v) is 3.52. The fourth-order valence-electron chi connectivity index (χ4n) is 3.30. The number of carbonyl (C=O) groups excluding carboxylic acids is 2. The molecule has 1 amide bonds. The van der Waals surface area contributed by atoms with Gasteiger partial charge in [-0.25, -0.2) is 4.79 Å². The Morgan fingerprint density at radius 3 is 2.39 bits per heavy atom. The number of unbranched alkanes of at least 4 members (excludes halogenated alkanes) is 2. The second-order valence-corrected chi connectivity index (χ2v) is 7.69. The number of aryl methyl sites for hydroxylation is 1. The topological polar surface area (TPSA) is 108 Å². The molecule has 0 saturated heterocycles. The smallest absolute Gasteiger partial charge is 0.326 e. The Hall–Kier alpha value is -3.20. The number of halogens is 1. The summed E-state index contributed by atoms with van der Waals surface area (Å²) in [5, 5.41) is 2.75. The molecule has 0 radical (unpaired) electrons. The van der Waals surface area contributed by atoms with E-state index in [2.05, 4.69) is 17.2 Å². The van der Waals surface area contributed by atoms with E-state index >= 15 is 0 Å². The first-order chi connectivity index (χ1) is 14.7. The number of amides is 1. The molecule has 0 aliphatic rings. The highest BCUT2D eigenvalue weighted by atomic mass is 35.5. The summed E-state index contributed by atoms with van der Waals surface area (Å²) in [6.07, 6.45) is 3.34. The largest absolute Gasteiger partial charge is 0.332 e. The van der Waals surface area contributed by atoms with E-state index in [-0.39, 0.29) is 34.7 Å². The molecule has 0 unspecified atom stereocenters. The second-order valence-electron chi connectivity index (χ2n) is 7.35. The number of imidazole rings is 1. The molecule has 2 heterocycles. The summed E-state index contributed by atoms with van der Waals surface area (Å²) >= 11 is 6.17. The number of ketones is 1. The molecule has 0 aliphatic carbocycles. The highest BCUT2D eigenvalue weighted by Gasteiger charge is 2.20. The SMILES string of the molecule is CCCCCC(=O)Nc1ccc(C(=O)Cn2c(Cl)nc3c2c(=O)n(C)c(=O)n3C)cc1. The van der Waals surface area contributed by atoms with E-state index in [1.54, 1.807) is 24.3 Å². The molecule has 2 aromatic heterocycles. The van der Waals surface area contributed by atoms with Crippen LogP contribution in [0.5, 0.6) is 0 Å². The Kier molecular flexibility index (Phi) is 6.74. The molecule has 3 aromatic rings. The lowest BCUT2D eigenvalue weighted by Crippen LogP contribution is -2.37. The fraction of sp³-hybridized carbons (Fsp3) is 0.381. The Bertz CT molecular complexity index is 1250. The van der Waals surface area contributed by atoms with Crippen LogP contribution in [0.2, 0.25) is 5.28 Å². The highest BCUT2D eigenvalue weighted by Crippen LogP contribution is 2.18. The van der Waals surface area contributed by atoms with Crippen molar-refractivity contribution in [1.82, 2.24) is 18.7 Å². The molecule has 0 fully saturated rings. The Labute approximate surface area is 183 Å². The zero-order chi connectivity index (χ0) is 22.7. The number of fused-ring (bicyclic) bond motifs is 1. The van der Waals surface area contributed by atoms with Crippen LogP contribution < -0.4 is 16.6 Å². The first kappa shape index (κ1) is 22.5. The van der Waals surface area contributed by atoms with Crippen LogP contribution in [0.25, 0.3) is 11.2 Å². The van der Waals surface area contributed by atoms with E-state index < -0.39 is 11.2 Å². The lowest BCUT2D eigenvalue weighted by molar-refractivity contribution is -0.116. The van der Waals surface area contributed by atoms with E-state index in [9.17, 15) is 19.2 Å². The van der Waals surface area contributed by atoms with Crippen LogP contribution in [-0.2, 0) is 25.4 Å². The molecule has 1 aromatic carbocycles. The maximum atomic E-state index is 12.8. The summed E-state index contributed by atoms with van der Waals surface area (Å²) in [6.45, 7) is 1.86. The van der Waals surface area contributed by atoms with Crippen molar-refractivity contribution in [3.8, 4) is 0 Å². The summed E-state index contributed by atoms with van der Waals surface area (Å²) in [5.41, 5.74) is 0.0893. The van der Waals surface area contributed by atoms with Gasteiger partial charge in [-0.05, 0) is 42.3 Å². The van der Waals surface area contributed by atoms with Crippen molar-refractivity contribution >= 4 is 40.1 Å². The normalized spacial score (nSPS) is 11.1. The van der Waals surface area contributed by atoms with E-state index in [1.807, 2.05) is 0 Å². The third-order valence-corrected chi connectivity index (χ3v) is 5.39. The van der Waals surface area contributed by atoms with Gasteiger partial charge in [-0.3, -0.25) is 23.5 Å². The van der Waals surface area contributed by atoms with E-state index in [0.717, 1.165) is 23.8 Å². The lowest BCUT2D eigenvalue weighted by atomic mass is 10.1. The number of Topliss-reactive ketones (excluding diaryl/α,β-unsaturated/α-hetero) is 1. The maximum Gasteiger partial charge on any atom is 0.332 e. The minimum absolute atomic E-state index is 0.0578. The molecule has 0 spiro atoms. The molecular weight excluding hydrogens is 422 g/mol. The molecule has 9 nitrogen and oxygen atoms in total. The molecule has 0 atom stereocenters. The van der Waals surface area contributed by atoms with Crippen molar-refractivity contribution in [2.24, 2.45) is 14.1 Å². The third kappa shape index (κ3) is 4.61. The number of nitrogens with one attached hydrogen (secondary N) is 1. The number of carbonyl (C=O) groups is 2. The molecule has 3 rings (SSSR count). The maximum absolute atomic E-state index is 12.8. The summed E-state index contributed by atoms with van der Waals surface area (Å²) in [5.74, 6) is -0.358. The van der Waals surface area contributed by atoms with Crippen LogP contribution in [0.1, 0.15) is 43.0 Å². The van der Waals surface area contributed by atoms with Gasteiger partial charge in [-0.1, -0.05) is 19.8 Å². The Morgan fingerprint density at radius 2 is 1.74 bits per heavy atom. The number of anilines is 1. The molecule has 0 bridgehead atoms. The van der Waals surface area contributed by atoms with Gasteiger partial charge in [-0.2, -0.15) is 4.98 Å². The molecular formula is C21H24ClN5O4. The summed E-state index contributed by atoms with van der Waals surface area (Å²) in [4.78, 5) is 53.5.